The van der Waals surface area contributed by atoms with Crippen molar-refractivity contribution in [2.75, 3.05) is 6.54 Å². The lowest BCUT2D eigenvalue weighted by atomic mass is 10.0. The molecule has 2 unspecified atom stereocenters. The number of phenolic OH excluding ortho intramolecular Hbond substituents is 1. The van der Waals surface area contributed by atoms with Gasteiger partial charge in [-0.05, 0) is 38.0 Å². The quantitative estimate of drug-likeness (QED) is 0.800. The van der Waals surface area contributed by atoms with Crippen LogP contribution in [0, 0.1) is 0 Å². The predicted octanol–water partition coefficient (Wildman–Crippen LogP) is 1.87. The number of nitrogens with two attached hydrogens (primary N) is 1. The maximum atomic E-state index is 9.29. The van der Waals surface area contributed by atoms with E-state index in [-0.39, 0.29) is 6.04 Å². The van der Waals surface area contributed by atoms with Gasteiger partial charge < -0.3 is 10.8 Å². The van der Waals surface area contributed by atoms with Crippen LogP contribution in [0.3, 0.4) is 0 Å². The average Bonchev–Trinajstić information content (AvgIpc) is 2.61. The summed E-state index contributed by atoms with van der Waals surface area (Å²) < 4.78 is 0. The van der Waals surface area contributed by atoms with Crippen molar-refractivity contribution in [2.45, 2.75) is 38.4 Å². The van der Waals surface area contributed by atoms with E-state index in [0.717, 1.165) is 13.0 Å². The topological polar surface area (TPSA) is 49.5 Å². The lowest BCUT2D eigenvalue weighted by molar-refractivity contribution is 0.204. The van der Waals surface area contributed by atoms with Crippen molar-refractivity contribution in [2.24, 2.45) is 5.73 Å². The van der Waals surface area contributed by atoms with Crippen LogP contribution in [0.5, 0.6) is 5.75 Å². The molecule has 0 radical (unpaired) electrons. The molecular formula is C13H20N2O. The lowest BCUT2D eigenvalue weighted by Crippen LogP contribution is -2.33. The first-order valence-electron chi connectivity index (χ1n) is 5.88. The number of hydrogen-bond acceptors (Lipinski definition) is 3. The molecule has 3 nitrogen and oxygen atoms in total. The summed E-state index contributed by atoms with van der Waals surface area (Å²) in [6.45, 7) is 5.36. The van der Waals surface area contributed by atoms with Crippen LogP contribution in [0.25, 0.3) is 0 Å². The van der Waals surface area contributed by atoms with Gasteiger partial charge in [0.05, 0.1) is 0 Å². The van der Waals surface area contributed by atoms with Crippen LogP contribution >= 0.6 is 0 Å². The molecule has 0 bridgehead atoms. The Bertz CT molecular complexity index is 347. The Morgan fingerprint density at radius 1 is 1.31 bits per heavy atom. The van der Waals surface area contributed by atoms with Gasteiger partial charge in [-0.2, -0.15) is 0 Å². The van der Waals surface area contributed by atoms with Gasteiger partial charge in [-0.15, -0.1) is 0 Å². The van der Waals surface area contributed by atoms with Crippen LogP contribution in [0.1, 0.15) is 31.9 Å². The Hall–Kier alpha value is -1.06. The maximum Gasteiger partial charge on any atom is 0.115 e. The van der Waals surface area contributed by atoms with Gasteiger partial charge >= 0.3 is 0 Å². The Morgan fingerprint density at radius 3 is 2.50 bits per heavy atom. The van der Waals surface area contributed by atoms with Crippen molar-refractivity contribution < 1.29 is 5.11 Å². The highest BCUT2D eigenvalue weighted by Crippen LogP contribution is 2.33. The number of nitrogens with zero attached hydrogens (tertiary/aromatic N) is 1. The molecular weight excluding hydrogens is 200 g/mol. The van der Waals surface area contributed by atoms with E-state index in [4.69, 9.17) is 5.73 Å². The van der Waals surface area contributed by atoms with Gasteiger partial charge in [0.2, 0.25) is 0 Å². The van der Waals surface area contributed by atoms with E-state index in [9.17, 15) is 5.11 Å². The summed E-state index contributed by atoms with van der Waals surface area (Å²) >= 11 is 0. The zero-order valence-corrected chi connectivity index (χ0v) is 9.93. The van der Waals surface area contributed by atoms with E-state index >= 15 is 0 Å². The second kappa shape index (κ2) is 4.44. The van der Waals surface area contributed by atoms with Crippen molar-refractivity contribution in [3.63, 3.8) is 0 Å². The van der Waals surface area contributed by atoms with Crippen LogP contribution in [-0.2, 0) is 0 Å². The fraction of sp³-hybridized carbons (Fsp3) is 0.538. The van der Waals surface area contributed by atoms with Gasteiger partial charge in [0, 0.05) is 24.7 Å². The van der Waals surface area contributed by atoms with Gasteiger partial charge in [0.1, 0.15) is 5.75 Å². The molecule has 2 rings (SSSR count). The first kappa shape index (κ1) is 11.4. The second-order valence-corrected chi connectivity index (χ2v) is 4.89. The van der Waals surface area contributed by atoms with Gasteiger partial charge in [0.15, 0.2) is 0 Å². The predicted molar refractivity (Wildman–Crippen MR) is 65.3 cm³/mol. The van der Waals surface area contributed by atoms with Crippen LogP contribution in [-0.4, -0.2) is 28.6 Å². The molecule has 0 saturated carbocycles. The summed E-state index contributed by atoms with van der Waals surface area (Å²) in [5.74, 6) is 0.321. The summed E-state index contributed by atoms with van der Waals surface area (Å²) in [6, 6.07) is 8.65. The van der Waals surface area contributed by atoms with E-state index < -0.39 is 0 Å². The van der Waals surface area contributed by atoms with Gasteiger partial charge in [-0.25, -0.2) is 0 Å². The minimum Gasteiger partial charge on any atom is -0.508 e. The Morgan fingerprint density at radius 2 is 1.94 bits per heavy atom. The minimum atomic E-state index is 0.265. The molecule has 0 aromatic heterocycles. The summed E-state index contributed by atoms with van der Waals surface area (Å²) in [7, 11) is 0. The molecule has 1 aliphatic rings. The van der Waals surface area contributed by atoms with E-state index in [1.807, 2.05) is 12.1 Å². The fourth-order valence-corrected chi connectivity index (χ4v) is 2.49. The molecule has 1 aromatic rings. The molecule has 16 heavy (non-hydrogen) atoms. The zero-order chi connectivity index (χ0) is 11.7. The fourth-order valence-electron chi connectivity index (χ4n) is 2.49. The number of hydrogen-bond donors (Lipinski definition) is 2. The number of aromatic hydroxyl groups is 1. The molecule has 1 aromatic carbocycles. The highest BCUT2D eigenvalue weighted by atomic mass is 16.3. The maximum absolute atomic E-state index is 9.29. The van der Waals surface area contributed by atoms with E-state index in [2.05, 4.69) is 18.7 Å². The van der Waals surface area contributed by atoms with Crippen molar-refractivity contribution in [1.82, 2.24) is 4.90 Å². The molecule has 0 aliphatic carbocycles. The number of rotatable bonds is 2. The second-order valence-electron chi connectivity index (χ2n) is 4.89. The number of likely N-dealkylation sites (tertiary alicyclic amines) is 1. The monoisotopic (exact) mass is 220 g/mol. The highest BCUT2D eigenvalue weighted by molar-refractivity contribution is 5.29. The van der Waals surface area contributed by atoms with Crippen molar-refractivity contribution in [3.8, 4) is 5.75 Å². The SMILES string of the molecule is CC(C)N1CC(N)CC1c1ccc(O)cc1. The van der Waals surface area contributed by atoms with Crippen molar-refractivity contribution in [3.05, 3.63) is 29.8 Å². The molecule has 1 heterocycles. The number of phenols is 1. The van der Waals surface area contributed by atoms with Crippen molar-refractivity contribution >= 4 is 0 Å². The van der Waals surface area contributed by atoms with E-state index in [0.29, 0.717) is 17.8 Å². The molecule has 0 spiro atoms. The van der Waals surface area contributed by atoms with Crippen molar-refractivity contribution in [1.29, 1.82) is 0 Å². The molecule has 0 amide bonds. The van der Waals surface area contributed by atoms with E-state index in [1.165, 1.54) is 5.56 Å². The van der Waals surface area contributed by atoms with E-state index in [1.54, 1.807) is 12.1 Å². The molecule has 1 fully saturated rings. The molecule has 1 aliphatic heterocycles. The Labute approximate surface area is 96.9 Å². The summed E-state index contributed by atoms with van der Waals surface area (Å²) in [4.78, 5) is 2.43. The van der Waals surface area contributed by atoms with Crippen LogP contribution in [0.4, 0.5) is 0 Å². The lowest BCUT2D eigenvalue weighted by Gasteiger charge is -2.28. The Kier molecular flexibility index (Phi) is 3.17. The summed E-state index contributed by atoms with van der Waals surface area (Å²) in [5, 5.41) is 9.29. The zero-order valence-electron chi connectivity index (χ0n) is 9.93. The normalized spacial score (nSPS) is 26.5. The summed E-state index contributed by atoms with van der Waals surface area (Å²) in [6.07, 6.45) is 1.00. The average molecular weight is 220 g/mol. The molecule has 3 N–H and O–H groups in total. The summed E-state index contributed by atoms with van der Waals surface area (Å²) in [5.41, 5.74) is 7.28. The minimum absolute atomic E-state index is 0.265. The molecule has 3 heteroatoms. The molecule has 1 saturated heterocycles. The van der Waals surface area contributed by atoms with Crippen LogP contribution in [0.15, 0.2) is 24.3 Å². The van der Waals surface area contributed by atoms with Gasteiger partial charge in [-0.3, -0.25) is 4.90 Å². The smallest absolute Gasteiger partial charge is 0.115 e. The third-order valence-corrected chi connectivity index (χ3v) is 3.31. The third-order valence-electron chi connectivity index (χ3n) is 3.31. The van der Waals surface area contributed by atoms with Gasteiger partial charge in [-0.1, -0.05) is 12.1 Å². The number of benzene rings is 1. The molecule has 2 atom stereocenters. The Balaban J connectivity index is 2.22. The van der Waals surface area contributed by atoms with Crippen LogP contribution < -0.4 is 5.73 Å². The third kappa shape index (κ3) is 2.20. The largest absolute Gasteiger partial charge is 0.508 e. The standard InChI is InChI=1S/C13H20N2O/c1-9(2)15-8-11(14)7-13(15)10-3-5-12(16)6-4-10/h3-6,9,11,13,16H,7-8,14H2,1-2H3. The van der Waals surface area contributed by atoms with Gasteiger partial charge in [0.25, 0.3) is 0 Å². The molecule has 88 valence electrons. The first-order valence-corrected chi connectivity index (χ1v) is 5.88. The first-order chi connectivity index (χ1) is 7.58. The van der Waals surface area contributed by atoms with Crippen LogP contribution in [0.2, 0.25) is 0 Å². The highest BCUT2D eigenvalue weighted by Gasteiger charge is 2.32.